The lowest BCUT2D eigenvalue weighted by Gasteiger charge is -2.31. The van der Waals surface area contributed by atoms with Crippen molar-refractivity contribution in [2.75, 3.05) is 19.8 Å². The number of phenolic OH excluding ortho intramolecular Hbond substituents is 1. The smallest absolute Gasteiger partial charge is 0.329 e. The van der Waals surface area contributed by atoms with Gasteiger partial charge in [-0.25, -0.2) is 10.7 Å². The van der Waals surface area contributed by atoms with Crippen molar-refractivity contribution in [2.24, 2.45) is 11.8 Å². The predicted octanol–water partition coefficient (Wildman–Crippen LogP) is -5.23. The highest BCUT2D eigenvalue weighted by Crippen LogP contribution is 2.28. The van der Waals surface area contributed by atoms with Crippen LogP contribution in [0.25, 0.3) is 21.8 Å². The number of ether oxygens (including phenoxy) is 2. The van der Waals surface area contributed by atoms with Crippen LogP contribution in [0.5, 0.6) is 5.75 Å². The number of epoxide rings is 1. The number of carbonyl (C=O) groups is 16. The van der Waals surface area contributed by atoms with Crippen LogP contribution in [0.1, 0.15) is 82.0 Å². The number of hydrogen-bond acceptors (Lipinski definition) is 23. The molecule has 40 nitrogen and oxygen atoms in total. The first-order valence-electron chi connectivity index (χ1n) is 33.3. The van der Waals surface area contributed by atoms with Crippen molar-refractivity contribution >= 4 is 117 Å². The van der Waals surface area contributed by atoms with E-state index in [2.05, 4.69) is 62.7 Å². The summed E-state index contributed by atoms with van der Waals surface area (Å²) in [5.74, 6) is -20.5. The highest BCUT2D eigenvalue weighted by atomic mass is 16.6. The SMILES string of the molecule is CCCC1OC1C(=O)N[C@@H](CO)C(=O)N[C@@H]1C(=O)N[C@H](Cc2c[nH]c3ccccc23)C(=O)N[C@@H](CC(=O)O)C(=O)N[C@@H](CC(=O)O)C(=O)N[C@H](c2ccc(O)cc2)C(=O)N[C@@H](CC(=O)O)C(=O)NCC(=O)N[C@H]([C@H](O)CON)C(=O)N[C@@H](C(C)CC(=O)O)C(=O)NC(Cc2c[nH]c3ccccc23)C(=O)O[C@@H]1C. The van der Waals surface area contributed by atoms with Crippen LogP contribution in [0.2, 0.25) is 0 Å². The molecule has 22 N–H and O–H groups in total. The molecule has 40 heteroatoms. The zero-order chi connectivity index (χ0) is 78.5. The number of aromatic hydroxyl groups is 1. The molecule has 2 aromatic heterocycles. The topological polar surface area (TPSA) is 636 Å². The van der Waals surface area contributed by atoms with E-state index in [4.69, 9.17) is 15.4 Å². The van der Waals surface area contributed by atoms with Gasteiger partial charge in [-0.1, -0.05) is 68.8 Å². The summed E-state index contributed by atoms with van der Waals surface area (Å²) in [6.45, 7) is 0.660. The van der Waals surface area contributed by atoms with E-state index in [1.165, 1.54) is 12.4 Å². The van der Waals surface area contributed by atoms with Crippen LogP contribution in [0, 0.1) is 5.92 Å². The lowest BCUT2D eigenvalue weighted by Crippen LogP contribution is -2.63. The molecule has 2 fully saturated rings. The third-order valence-corrected chi connectivity index (χ3v) is 17.1. The molecule has 0 spiro atoms. The second-order valence-corrected chi connectivity index (χ2v) is 25.2. The van der Waals surface area contributed by atoms with Crippen molar-refractivity contribution < 1.29 is 127 Å². The van der Waals surface area contributed by atoms with Gasteiger partial charge < -0.3 is 119 Å². The van der Waals surface area contributed by atoms with Crippen molar-refractivity contribution in [2.45, 2.75) is 157 Å². The third kappa shape index (κ3) is 23.2. The van der Waals surface area contributed by atoms with Crippen LogP contribution in [-0.4, -0.2) is 239 Å². The maximum absolute atomic E-state index is 15.4. The number of H-pyrrole nitrogens is 2. The quantitative estimate of drug-likeness (QED) is 0.0156. The minimum absolute atomic E-state index is 0.240. The van der Waals surface area contributed by atoms with E-state index in [9.17, 15) is 98.1 Å². The molecule has 0 saturated carbocycles. The number of cyclic esters (lactones) is 1. The second kappa shape index (κ2) is 38.0. The van der Waals surface area contributed by atoms with E-state index in [0.29, 0.717) is 34.6 Å². The lowest BCUT2D eigenvalue weighted by atomic mass is 9.95. The maximum Gasteiger partial charge on any atom is 0.329 e. The number of benzene rings is 3. The summed E-state index contributed by atoms with van der Waals surface area (Å²) in [5, 5.41) is 97.4. The molecule has 0 aliphatic carbocycles. The van der Waals surface area contributed by atoms with E-state index in [1.54, 1.807) is 48.5 Å². The summed E-state index contributed by atoms with van der Waals surface area (Å²) in [5.41, 5.74) is 1.20. The molecular formula is C67H82N14O26. The zero-order valence-corrected chi connectivity index (χ0v) is 57.5. The number of rotatable bonds is 24. The average Bonchev–Trinajstić information content (AvgIpc) is 1.76. The summed E-state index contributed by atoms with van der Waals surface area (Å²) in [6, 6.07) is -4.52. The number of carbonyl (C=O) groups excluding carboxylic acids is 12. The van der Waals surface area contributed by atoms with Crippen molar-refractivity contribution in [3.63, 3.8) is 0 Å². The first-order valence-corrected chi connectivity index (χ1v) is 33.3. The molecule has 2 aliphatic heterocycles. The number of nitrogens with one attached hydrogen (secondary N) is 13. The minimum Gasteiger partial charge on any atom is -0.508 e. The summed E-state index contributed by atoms with van der Waals surface area (Å²) >= 11 is 0. The molecular weight excluding hydrogens is 1420 g/mol. The van der Waals surface area contributed by atoms with Gasteiger partial charge in [0.1, 0.15) is 78.4 Å². The van der Waals surface area contributed by atoms with Crippen molar-refractivity contribution in [1.29, 1.82) is 0 Å². The summed E-state index contributed by atoms with van der Waals surface area (Å²) in [7, 11) is 0. The van der Waals surface area contributed by atoms with Gasteiger partial charge >= 0.3 is 29.8 Å². The molecule has 0 radical (unpaired) electrons. The molecule has 2 saturated heterocycles. The average molecular weight is 1500 g/mol. The molecule has 15 atom stereocenters. The lowest BCUT2D eigenvalue weighted by molar-refractivity contribution is -0.156. The van der Waals surface area contributed by atoms with Gasteiger partial charge in [0.15, 0.2) is 6.10 Å². The van der Waals surface area contributed by atoms with Gasteiger partial charge in [-0.05, 0) is 60.2 Å². The number of aromatic nitrogens is 2. The molecule has 576 valence electrons. The van der Waals surface area contributed by atoms with Crippen molar-refractivity contribution in [1.82, 2.24) is 68.5 Å². The van der Waals surface area contributed by atoms with Gasteiger partial charge in [-0.2, -0.15) is 0 Å². The standard InChI is InChI=1S/C67H82N14O26/c1-4-9-46-56(107-46)66(103)77-44(27-82)61(98)80-53-30(3)106-67(104)43(20-33-25-70-38-13-8-6-11-36(33)38)76-62(99)52(29(2)18-48(86)87)79-65(102)55(45(84)28-105-68)78-47(85)26-71-57(94)40(21-49(88)89)75-64(101)54(31-14-16-34(83)17-15-31)81-60(97)42(23-51(92)93)73-59(96)41(22-50(90)91)72-58(95)39(74-63(53)100)19-32-24-69-37-12-7-5-10-35(32)37/h5-8,10-17,24-25,29-30,39-46,52-56,69-70,82-84H,4,9,18-23,26-28,68H2,1-3H3,(H,71,94)(H,72,95)(H,73,96)(H,74,100)(H,75,101)(H,76,99)(H,77,103)(H,78,85)(H,79,102)(H,80,98)(H,81,97)(H,86,87)(H,88,89)(H,90,91)(H,92,93)/t29?,30-,39-,40+,41+,42+,43?,44+,45-,46?,52+,53+,54-,55-,56?/m1/s1. The van der Waals surface area contributed by atoms with Crippen LogP contribution < -0.4 is 64.4 Å². The number of phenols is 1. The van der Waals surface area contributed by atoms with E-state index in [1.807, 2.05) is 17.6 Å². The Morgan fingerprint density at radius 1 is 0.607 bits per heavy atom. The fourth-order valence-electron chi connectivity index (χ4n) is 11.6. The Labute approximate surface area is 606 Å². The van der Waals surface area contributed by atoms with Crippen molar-refractivity contribution in [3.05, 3.63) is 102 Å². The van der Waals surface area contributed by atoms with Crippen LogP contribution in [0.3, 0.4) is 0 Å². The predicted molar refractivity (Wildman–Crippen MR) is 364 cm³/mol. The van der Waals surface area contributed by atoms with Gasteiger partial charge in [0, 0.05) is 47.0 Å². The Hall–Kier alpha value is -12.1. The second-order valence-electron chi connectivity index (χ2n) is 25.2. The van der Waals surface area contributed by atoms with Gasteiger partial charge in [0.25, 0.3) is 5.91 Å². The van der Waals surface area contributed by atoms with Crippen molar-refractivity contribution in [3.8, 4) is 5.75 Å². The van der Waals surface area contributed by atoms with Gasteiger partial charge in [-0.15, -0.1) is 0 Å². The summed E-state index contributed by atoms with van der Waals surface area (Å²) in [4.78, 5) is 234. The number of para-hydroxylation sites is 2. The number of aliphatic hydroxyl groups is 2. The molecule has 4 unspecified atom stereocenters. The molecule has 5 aromatic rings. The Balaban J connectivity index is 1.37. The minimum atomic E-state index is -2.34. The highest BCUT2D eigenvalue weighted by molar-refractivity contribution is 6.02. The molecule has 3 aromatic carbocycles. The van der Waals surface area contributed by atoms with Gasteiger partial charge in [0.05, 0.1) is 51.5 Å². The van der Waals surface area contributed by atoms with Crippen LogP contribution in [-0.2, 0) is 104 Å². The molecule has 4 heterocycles. The fourth-order valence-corrected chi connectivity index (χ4v) is 11.6. The van der Waals surface area contributed by atoms with Crippen LogP contribution in [0.4, 0.5) is 0 Å². The number of aromatic amines is 2. The first-order chi connectivity index (χ1) is 50.8. The summed E-state index contributed by atoms with van der Waals surface area (Å²) in [6.07, 6.45) is -8.03. The number of aliphatic hydroxyl groups excluding tert-OH is 2. The molecule has 0 bridgehead atoms. The first kappa shape index (κ1) is 82.1. The van der Waals surface area contributed by atoms with E-state index in [0.717, 1.165) is 38.1 Å². The number of fused-ring (bicyclic) bond motifs is 2. The Bertz CT molecular complexity index is 4150. The Morgan fingerprint density at radius 2 is 1.11 bits per heavy atom. The fraction of sp³-hybridized carbons (Fsp3) is 0.433. The molecule has 107 heavy (non-hydrogen) atoms. The van der Waals surface area contributed by atoms with E-state index in [-0.39, 0.29) is 16.7 Å². The van der Waals surface area contributed by atoms with Gasteiger partial charge in [-0.3, -0.25) is 71.9 Å². The molecule has 7 rings (SSSR count). The number of hydrogen-bond donors (Lipinski definition) is 21. The Kier molecular flexibility index (Phi) is 29.2. The van der Waals surface area contributed by atoms with E-state index >= 15 is 14.4 Å². The number of aliphatic carboxylic acids is 4. The summed E-state index contributed by atoms with van der Waals surface area (Å²) < 4.78 is 11.4. The molecule has 2 aliphatic rings. The zero-order valence-electron chi connectivity index (χ0n) is 57.5. The maximum atomic E-state index is 15.4. The number of nitrogens with two attached hydrogens (primary N) is 1. The number of amides is 11. The number of carboxylic acid groups (broad SMARTS) is 4. The van der Waals surface area contributed by atoms with Crippen LogP contribution in [0.15, 0.2) is 85.2 Å². The monoisotopic (exact) mass is 1500 g/mol. The number of esters is 1. The Morgan fingerprint density at radius 3 is 1.65 bits per heavy atom. The van der Waals surface area contributed by atoms with E-state index < -0.39 is 250 Å². The normalized spacial score (nSPS) is 24.4. The van der Waals surface area contributed by atoms with Crippen LogP contribution >= 0.6 is 0 Å². The molecule has 11 amide bonds. The number of carboxylic acids is 4. The highest BCUT2D eigenvalue weighted by Gasteiger charge is 2.46. The largest absolute Gasteiger partial charge is 0.508 e. The van der Waals surface area contributed by atoms with Gasteiger partial charge in [0.2, 0.25) is 59.1 Å². The third-order valence-electron chi connectivity index (χ3n) is 17.1.